The van der Waals surface area contributed by atoms with E-state index in [1.165, 1.54) is 122 Å². The molecular weight excluding hydrogens is 743 g/mol. The van der Waals surface area contributed by atoms with Gasteiger partial charge in [0, 0.05) is 12.5 Å². The number of carbonyl (C=O) groups excluding carboxylic acids is 2. The maximum absolute atomic E-state index is 12.5. The van der Waals surface area contributed by atoms with Gasteiger partial charge in [-0.2, -0.15) is 0 Å². The Morgan fingerprint density at radius 1 is 0.579 bits per heavy atom. The van der Waals surface area contributed by atoms with Gasteiger partial charge in [-0.1, -0.05) is 209 Å². The molecule has 0 aliphatic rings. The van der Waals surface area contributed by atoms with Crippen LogP contribution < -0.4 is 0 Å². The van der Waals surface area contributed by atoms with E-state index in [1.54, 1.807) is 18.2 Å². The van der Waals surface area contributed by atoms with Gasteiger partial charge in [-0.3, -0.25) is 9.36 Å². The molecule has 0 bridgehead atoms. The molecule has 0 aromatic heterocycles. The SMILES string of the molecule is CCCCCCCCCC=CC=CC=CC=CC=CC=CC(=O)O[C@H](COC(=O)CCCCCCCCCCCCCCCCC)COC(C(O)CO)P(=O)(O)O. The second-order valence-electron chi connectivity index (χ2n) is 14.7. The highest BCUT2D eigenvalue weighted by molar-refractivity contribution is 7.52. The fourth-order valence-corrected chi connectivity index (χ4v) is 6.81. The van der Waals surface area contributed by atoms with Crippen LogP contribution >= 0.6 is 7.60 Å². The summed E-state index contributed by atoms with van der Waals surface area (Å²) in [4.78, 5) is 44.1. The van der Waals surface area contributed by atoms with Gasteiger partial charge in [-0.25, -0.2) is 4.79 Å². The average Bonchev–Trinajstić information content (AvgIpc) is 3.18. The van der Waals surface area contributed by atoms with Gasteiger partial charge >= 0.3 is 19.5 Å². The number of carbonyl (C=O) groups is 2. The highest BCUT2D eigenvalue weighted by atomic mass is 31.2. The molecule has 0 aliphatic heterocycles. The summed E-state index contributed by atoms with van der Waals surface area (Å²) in [6.07, 6.45) is 47.1. The van der Waals surface area contributed by atoms with E-state index in [0.717, 1.165) is 31.8 Å². The van der Waals surface area contributed by atoms with Crippen molar-refractivity contribution < 1.29 is 48.4 Å². The maximum atomic E-state index is 12.5. The molecular formula is C46H79O10P. The van der Waals surface area contributed by atoms with Crippen molar-refractivity contribution in [2.24, 2.45) is 0 Å². The van der Waals surface area contributed by atoms with Crippen LogP contribution in [-0.4, -0.2) is 69.8 Å². The Labute approximate surface area is 345 Å². The van der Waals surface area contributed by atoms with Crippen molar-refractivity contribution in [1.29, 1.82) is 0 Å². The number of rotatable bonds is 39. The highest BCUT2D eigenvalue weighted by Gasteiger charge is 2.37. The van der Waals surface area contributed by atoms with Crippen LogP contribution in [0.1, 0.15) is 168 Å². The van der Waals surface area contributed by atoms with Crippen LogP contribution in [0, 0.1) is 0 Å². The Morgan fingerprint density at radius 2 is 1.00 bits per heavy atom. The standard InChI is InChI=1S/C46H79O10P/c1-3-5-7-9-11-13-15-17-19-20-21-22-24-26-28-30-32-34-36-38-45(50)56-42(41-55-46(43(48)39-47)57(51,52)53)40-54-44(49)37-35-33-31-29-27-25-23-18-16-14-12-10-8-6-4-2/h19-22,24,26,28,30,32,34,36,38,42-43,46-48H,3-18,23,25,27,29,31,33,35,37,39-41H2,1-2H3,(H2,51,52,53)/t42-,43?,46?/m1/s1. The molecule has 0 fully saturated rings. The number of esters is 2. The number of hydrogen-bond acceptors (Lipinski definition) is 8. The second-order valence-corrected chi connectivity index (χ2v) is 16.4. The minimum Gasteiger partial charge on any atom is -0.462 e. The summed E-state index contributed by atoms with van der Waals surface area (Å²) in [5, 5.41) is 19.1. The van der Waals surface area contributed by atoms with E-state index in [9.17, 15) is 34.2 Å². The number of ether oxygens (including phenoxy) is 3. The van der Waals surface area contributed by atoms with Gasteiger partial charge in [0.25, 0.3) is 0 Å². The normalized spacial score (nSPS) is 14.3. The van der Waals surface area contributed by atoms with Gasteiger partial charge in [0.1, 0.15) is 12.7 Å². The molecule has 10 nitrogen and oxygen atoms in total. The van der Waals surface area contributed by atoms with Gasteiger partial charge in [0.05, 0.1) is 13.2 Å². The van der Waals surface area contributed by atoms with E-state index in [0.29, 0.717) is 6.42 Å². The van der Waals surface area contributed by atoms with E-state index in [2.05, 4.69) is 26.0 Å². The van der Waals surface area contributed by atoms with Gasteiger partial charge in [0.15, 0.2) is 11.9 Å². The fraction of sp³-hybridized carbons (Fsp3) is 0.696. The molecule has 57 heavy (non-hydrogen) atoms. The molecule has 0 saturated heterocycles. The van der Waals surface area contributed by atoms with E-state index < -0.39 is 57.4 Å². The lowest BCUT2D eigenvalue weighted by molar-refractivity contribution is -0.161. The molecule has 0 amide bonds. The largest absolute Gasteiger partial charge is 0.462 e. The molecule has 0 spiro atoms. The summed E-state index contributed by atoms with van der Waals surface area (Å²) in [5.41, 5.74) is 0. The van der Waals surface area contributed by atoms with Gasteiger partial charge in [-0.05, 0) is 19.3 Å². The minimum absolute atomic E-state index is 0.189. The first kappa shape index (κ1) is 54.4. The van der Waals surface area contributed by atoms with Crippen LogP contribution in [0.5, 0.6) is 0 Å². The zero-order valence-corrected chi connectivity index (χ0v) is 36.3. The summed E-state index contributed by atoms with van der Waals surface area (Å²) in [6.45, 7) is 2.52. The van der Waals surface area contributed by atoms with Crippen LogP contribution in [0.15, 0.2) is 72.9 Å². The smallest absolute Gasteiger partial charge is 0.356 e. The fourth-order valence-electron chi connectivity index (χ4n) is 5.99. The molecule has 11 heteroatoms. The first-order valence-electron chi connectivity index (χ1n) is 22.0. The molecule has 0 radical (unpaired) electrons. The third-order valence-corrected chi connectivity index (χ3v) is 10.5. The molecule has 3 atom stereocenters. The molecule has 0 rings (SSSR count). The summed E-state index contributed by atoms with van der Waals surface area (Å²) in [5.74, 6) is -3.33. The van der Waals surface area contributed by atoms with E-state index >= 15 is 0 Å². The van der Waals surface area contributed by atoms with Crippen molar-refractivity contribution in [3.63, 3.8) is 0 Å². The monoisotopic (exact) mass is 823 g/mol. The zero-order valence-electron chi connectivity index (χ0n) is 35.4. The van der Waals surface area contributed by atoms with Crippen LogP contribution in [0.3, 0.4) is 0 Å². The summed E-state index contributed by atoms with van der Waals surface area (Å²) in [6, 6.07) is 0. The summed E-state index contributed by atoms with van der Waals surface area (Å²) < 4.78 is 27.7. The first-order chi connectivity index (χ1) is 27.6. The van der Waals surface area contributed by atoms with Crippen molar-refractivity contribution in [2.45, 2.75) is 186 Å². The maximum Gasteiger partial charge on any atom is 0.356 e. The van der Waals surface area contributed by atoms with Crippen molar-refractivity contribution in [3.8, 4) is 0 Å². The van der Waals surface area contributed by atoms with Crippen molar-refractivity contribution >= 4 is 19.5 Å². The third kappa shape index (κ3) is 37.4. The highest BCUT2D eigenvalue weighted by Crippen LogP contribution is 2.43. The van der Waals surface area contributed by atoms with Crippen LogP contribution in [-0.2, 0) is 28.4 Å². The quantitative estimate of drug-likeness (QED) is 0.0154. The third-order valence-electron chi connectivity index (χ3n) is 9.34. The lowest BCUT2D eigenvalue weighted by Crippen LogP contribution is -2.37. The second kappa shape index (κ2) is 40.2. The van der Waals surface area contributed by atoms with E-state index in [1.807, 2.05) is 30.4 Å². The molecule has 4 N–H and O–H groups in total. The van der Waals surface area contributed by atoms with Gasteiger partial charge < -0.3 is 34.2 Å². The van der Waals surface area contributed by atoms with Crippen LogP contribution in [0.2, 0.25) is 0 Å². The predicted octanol–water partition coefficient (Wildman–Crippen LogP) is 11.1. The van der Waals surface area contributed by atoms with Crippen molar-refractivity contribution in [3.05, 3.63) is 72.9 Å². The molecule has 0 heterocycles. The van der Waals surface area contributed by atoms with Gasteiger partial charge in [0.2, 0.25) is 0 Å². The Balaban J connectivity index is 4.61. The lowest BCUT2D eigenvalue weighted by Gasteiger charge is -2.25. The number of aliphatic hydroxyl groups excluding tert-OH is 2. The molecule has 0 aliphatic carbocycles. The molecule has 2 unspecified atom stereocenters. The number of allylic oxidation sites excluding steroid dienone is 11. The molecule has 328 valence electrons. The molecule has 0 aromatic carbocycles. The van der Waals surface area contributed by atoms with E-state index in [-0.39, 0.29) is 6.42 Å². The summed E-state index contributed by atoms with van der Waals surface area (Å²) in [7, 11) is -4.99. The van der Waals surface area contributed by atoms with Crippen LogP contribution in [0.25, 0.3) is 0 Å². The lowest BCUT2D eigenvalue weighted by atomic mass is 10.0. The average molecular weight is 823 g/mol. The Kier molecular flexibility index (Phi) is 38.4. The Hall–Kier alpha value is -2.59. The van der Waals surface area contributed by atoms with Gasteiger partial charge in [-0.15, -0.1) is 0 Å². The van der Waals surface area contributed by atoms with Crippen molar-refractivity contribution in [2.75, 3.05) is 19.8 Å². The van der Waals surface area contributed by atoms with Crippen LogP contribution in [0.4, 0.5) is 0 Å². The summed E-state index contributed by atoms with van der Waals surface area (Å²) >= 11 is 0. The number of hydrogen-bond donors (Lipinski definition) is 4. The predicted molar refractivity (Wildman–Crippen MR) is 233 cm³/mol. The molecule has 0 aromatic rings. The number of unbranched alkanes of at least 4 members (excludes halogenated alkanes) is 21. The van der Waals surface area contributed by atoms with E-state index in [4.69, 9.17) is 14.2 Å². The molecule has 0 saturated carbocycles. The number of aliphatic hydroxyl groups is 2. The minimum atomic E-state index is -4.99. The first-order valence-corrected chi connectivity index (χ1v) is 23.7. The Bertz CT molecular complexity index is 1190. The van der Waals surface area contributed by atoms with Crippen molar-refractivity contribution in [1.82, 2.24) is 0 Å². The topological polar surface area (TPSA) is 160 Å². The zero-order chi connectivity index (χ0) is 42.1. The Morgan fingerprint density at radius 3 is 1.46 bits per heavy atom.